The van der Waals surface area contributed by atoms with Crippen LogP contribution in [0.2, 0.25) is 0 Å². The quantitative estimate of drug-likeness (QED) is 0.896. The Kier molecular flexibility index (Phi) is 4.19. The maximum Gasteiger partial charge on any atom is 0.0402 e. The maximum absolute atomic E-state index is 6.28. The van der Waals surface area contributed by atoms with E-state index in [4.69, 9.17) is 5.73 Å². The Morgan fingerprint density at radius 2 is 2.00 bits per heavy atom. The molecule has 0 aromatic heterocycles. The molecule has 0 spiro atoms. The average Bonchev–Trinajstić information content (AvgIpc) is 2.60. The van der Waals surface area contributed by atoms with Crippen molar-refractivity contribution >= 4 is 5.69 Å². The van der Waals surface area contributed by atoms with E-state index in [0.29, 0.717) is 17.5 Å². The van der Waals surface area contributed by atoms with Crippen molar-refractivity contribution in [1.82, 2.24) is 0 Å². The highest BCUT2D eigenvalue weighted by molar-refractivity contribution is 5.59. The third-order valence-corrected chi connectivity index (χ3v) is 3.96. The van der Waals surface area contributed by atoms with Crippen LogP contribution in [0.1, 0.15) is 46.1 Å². The lowest BCUT2D eigenvalue weighted by atomic mass is 9.87. The van der Waals surface area contributed by atoms with E-state index >= 15 is 0 Å². The summed E-state index contributed by atoms with van der Waals surface area (Å²) >= 11 is 0. The summed E-state index contributed by atoms with van der Waals surface area (Å²) in [6.07, 6.45) is 3.34. The number of nitrogens with zero attached hydrogens (tertiary/aromatic N) is 1. The molecule has 1 aromatic rings. The summed E-state index contributed by atoms with van der Waals surface area (Å²) in [5, 5.41) is 0. The van der Waals surface area contributed by atoms with Crippen molar-refractivity contribution in [2.24, 2.45) is 11.1 Å². The van der Waals surface area contributed by atoms with Crippen LogP contribution in [0.5, 0.6) is 0 Å². The second kappa shape index (κ2) is 5.54. The Morgan fingerprint density at radius 3 is 2.68 bits per heavy atom. The normalized spacial score (nSPS) is 20.5. The minimum Gasteiger partial charge on any atom is -0.368 e. The molecule has 0 fully saturated rings. The van der Waals surface area contributed by atoms with E-state index in [1.165, 1.54) is 17.7 Å². The van der Waals surface area contributed by atoms with E-state index in [2.05, 4.69) is 56.9 Å². The lowest BCUT2D eigenvalue weighted by Gasteiger charge is -2.28. The molecular formula is C17H28N2. The predicted octanol–water partition coefficient (Wildman–Crippen LogP) is 3.59. The summed E-state index contributed by atoms with van der Waals surface area (Å²) in [4.78, 5) is 2.53. The van der Waals surface area contributed by atoms with Gasteiger partial charge in [-0.3, -0.25) is 0 Å². The predicted molar refractivity (Wildman–Crippen MR) is 83.6 cm³/mol. The standard InChI is InChI=1S/C17H28N2/c1-13-11-14-7-5-6-8-16(14)19(13)10-9-15(18)12-17(2,3)4/h5-8,13,15H,9-12,18H2,1-4H3. The minimum absolute atomic E-state index is 0.306. The van der Waals surface area contributed by atoms with Gasteiger partial charge in [-0.25, -0.2) is 0 Å². The van der Waals surface area contributed by atoms with Crippen LogP contribution < -0.4 is 10.6 Å². The Bertz CT molecular complexity index is 420. The van der Waals surface area contributed by atoms with Crippen LogP contribution in [-0.2, 0) is 6.42 Å². The summed E-state index contributed by atoms with van der Waals surface area (Å²) in [6.45, 7) is 10.2. The average molecular weight is 260 g/mol. The first-order chi connectivity index (χ1) is 8.87. The van der Waals surface area contributed by atoms with Crippen molar-refractivity contribution in [1.29, 1.82) is 0 Å². The van der Waals surface area contributed by atoms with Crippen LogP contribution in [-0.4, -0.2) is 18.6 Å². The third kappa shape index (κ3) is 3.73. The number of nitrogens with two attached hydrogens (primary N) is 1. The largest absolute Gasteiger partial charge is 0.368 e. The fourth-order valence-corrected chi connectivity index (χ4v) is 3.16. The second-order valence-corrected chi connectivity index (χ2v) is 7.19. The molecule has 0 bridgehead atoms. The number of fused-ring (bicyclic) bond motifs is 1. The van der Waals surface area contributed by atoms with Crippen molar-refractivity contribution in [3.05, 3.63) is 29.8 Å². The molecule has 2 atom stereocenters. The number of hydrogen-bond donors (Lipinski definition) is 1. The molecule has 0 amide bonds. The molecule has 2 N–H and O–H groups in total. The highest BCUT2D eigenvalue weighted by atomic mass is 15.2. The monoisotopic (exact) mass is 260 g/mol. The Morgan fingerprint density at radius 1 is 1.32 bits per heavy atom. The smallest absolute Gasteiger partial charge is 0.0402 e. The van der Waals surface area contributed by atoms with Crippen molar-refractivity contribution in [3.63, 3.8) is 0 Å². The van der Waals surface area contributed by atoms with Gasteiger partial charge in [-0.1, -0.05) is 39.0 Å². The Labute approximate surface area is 118 Å². The van der Waals surface area contributed by atoms with E-state index in [1.54, 1.807) is 0 Å². The Hall–Kier alpha value is -1.02. The minimum atomic E-state index is 0.306. The molecule has 1 aliphatic heterocycles. The van der Waals surface area contributed by atoms with Crippen LogP contribution in [0.4, 0.5) is 5.69 Å². The summed E-state index contributed by atoms with van der Waals surface area (Å²) in [5.41, 5.74) is 9.50. The molecule has 2 rings (SSSR count). The molecule has 1 aliphatic rings. The maximum atomic E-state index is 6.28. The second-order valence-electron chi connectivity index (χ2n) is 7.19. The molecule has 1 aromatic carbocycles. The molecule has 0 saturated heterocycles. The highest BCUT2D eigenvalue weighted by Gasteiger charge is 2.26. The van der Waals surface area contributed by atoms with Crippen molar-refractivity contribution in [2.75, 3.05) is 11.4 Å². The van der Waals surface area contributed by atoms with Gasteiger partial charge in [-0.15, -0.1) is 0 Å². The number of benzene rings is 1. The SMILES string of the molecule is CC1Cc2ccccc2N1CCC(N)CC(C)(C)C. The number of hydrogen-bond acceptors (Lipinski definition) is 2. The van der Waals surface area contributed by atoms with Gasteiger partial charge in [0, 0.05) is 24.3 Å². The molecule has 2 unspecified atom stereocenters. The third-order valence-electron chi connectivity index (χ3n) is 3.96. The highest BCUT2D eigenvalue weighted by Crippen LogP contribution is 2.32. The molecule has 2 heteroatoms. The van der Waals surface area contributed by atoms with E-state index in [9.17, 15) is 0 Å². The van der Waals surface area contributed by atoms with Gasteiger partial charge in [-0.2, -0.15) is 0 Å². The molecule has 19 heavy (non-hydrogen) atoms. The number of para-hydroxylation sites is 1. The van der Waals surface area contributed by atoms with Crippen LogP contribution in [0.25, 0.3) is 0 Å². The van der Waals surface area contributed by atoms with E-state index in [0.717, 1.165) is 19.4 Å². The van der Waals surface area contributed by atoms with Gasteiger partial charge >= 0.3 is 0 Å². The first kappa shape index (κ1) is 14.4. The summed E-state index contributed by atoms with van der Waals surface area (Å²) in [6, 6.07) is 9.69. The van der Waals surface area contributed by atoms with Gasteiger partial charge in [0.25, 0.3) is 0 Å². The molecular weight excluding hydrogens is 232 g/mol. The molecule has 0 radical (unpaired) electrons. The van der Waals surface area contributed by atoms with Gasteiger partial charge in [0.05, 0.1) is 0 Å². The van der Waals surface area contributed by atoms with Crippen LogP contribution in [0.15, 0.2) is 24.3 Å². The number of anilines is 1. The summed E-state index contributed by atoms with van der Waals surface area (Å²) < 4.78 is 0. The van der Waals surface area contributed by atoms with Crippen LogP contribution >= 0.6 is 0 Å². The van der Waals surface area contributed by atoms with Crippen molar-refractivity contribution in [2.45, 2.75) is 59.0 Å². The van der Waals surface area contributed by atoms with Gasteiger partial charge < -0.3 is 10.6 Å². The lowest BCUT2D eigenvalue weighted by Crippen LogP contribution is -2.35. The first-order valence-corrected chi connectivity index (χ1v) is 7.47. The van der Waals surface area contributed by atoms with Crippen LogP contribution in [0, 0.1) is 5.41 Å². The zero-order valence-corrected chi connectivity index (χ0v) is 12.8. The van der Waals surface area contributed by atoms with Crippen molar-refractivity contribution < 1.29 is 0 Å². The summed E-state index contributed by atoms with van der Waals surface area (Å²) in [7, 11) is 0. The lowest BCUT2D eigenvalue weighted by molar-refractivity contribution is 0.331. The fourth-order valence-electron chi connectivity index (χ4n) is 3.16. The van der Waals surface area contributed by atoms with Crippen LogP contribution in [0.3, 0.4) is 0 Å². The molecule has 0 aliphatic carbocycles. The van der Waals surface area contributed by atoms with Gasteiger partial charge in [0.2, 0.25) is 0 Å². The topological polar surface area (TPSA) is 29.3 Å². The zero-order valence-electron chi connectivity index (χ0n) is 12.8. The Balaban J connectivity index is 1.93. The fraction of sp³-hybridized carbons (Fsp3) is 0.647. The van der Waals surface area contributed by atoms with Crippen molar-refractivity contribution in [3.8, 4) is 0 Å². The molecule has 0 saturated carbocycles. The van der Waals surface area contributed by atoms with E-state index in [-0.39, 0.29) is 0 Å². The van der Waals surface area contributed by atoms with Gasteiger partial charge in [0.15, 0.2) is 0 Å². The number of rotatable bonds is 4. The molecule has 106 valence electrons. The van der Waals surface area contributed by atoms with E-state index in [1.807, 2.05) is 0 Å². The first-order valence-electron chi connectivity index (χ1n) is 7.47. The van der Waals surface area contributed by atoms with Gasteiger partial charge in [-0.05, 0) is 43.2 Å². The molecule has 2 nitrogen and oxygen atoms in total. The molecule has 1 heterocycles. The summed E-state index contributed by atoms with van der Waals surface area (Å²) in [5.74, 6) is 0. The van der Waals surface area contributed by atoms with Gasteiger partial charge in [0.1, 0.15) is 0 Å². The van der Waals surface area contributed by atoms with E-state index < -0.39 is 0 Å². The zero-order chi connectivity index (χ0) is 14.0.